The summed E-state index contributed by atoms with van der Waals surface area (Å²) >= 11 is 7.39. The molecule has 0 aromatic carbocycles. The van der Waals surface area contributed by atoms with E-state index in [1.807, 2.05) is 12.1 Å². The van der Waals surface area contributed by atoms with Crippen molar-refractivity contribution < 1.29 is 9.53 Å². The molecule has 1 aliphatic rings. The molecule has 1 atom stereocenters. The molecule has 0 spiro atoms. The second kappa shape index (κ2) is 6.55. The molecule has 1 amide bonds. The number of amides is 1. The van der Waals surface area contributed by atoms with Crippen LogP contribution in [0.25, 0.3) is 0 Å². The van der Waals surface area contributed by atoms with E-state index < -0.39 is 0 Å². The van der Waals surface area contributed by atoms with Gasteiger partial charge in [-0.1, -0.05) is 11.6 Å². The second-order valence-corrected chi connectivity index (χ2v) is 6.47. The highest BCUT2D eigenvalue weighted by molar-refractivity contribution is 7.16. The smallest absolute Gasteiger partial charge is 0.248 e. The number of nitrogens with one attached hydrogen (secondary N) is 1. The molecule has 0 saturated heterocycles. The largest absolute Gasteiger partial charge is 0.368 e. The minimum Gasteiger partial charge on any atom is -0.368 e. The Kier molecular flexibility index (Phi) is 5.03. The third kappa shape index (κ3) is 4.59. The Morgan fingerprint density at radius 1 is 1.61 bits per heavy atom. The normalized spacial score (nSPS) is 16.6. The number of ether oxygens (including phenoxy) is 1. The van der Waals surface area contributed by atoms with Gasteiger partial charge in [0.2, 0.25) is 5.91 Å². The van der Waals surface area contributed by atoms with Crippen LogP contribution >= 0.6 is 22.9 Å². The first kappa shape index (κ1) is 13.8. The van der Waals surface area contributed by atoms with Crippen molar-refractivity contribution in [1.29, 1.82) is 0 Å². The van der Waals surface area contributed by atoms with Gasteiger partial charge < -0.3 is 10.1 Å². The summed E-state index contributed by atoms with van der Waals surface area (Å²) in [6.45, 7) is 3.15. The lowest BCUT2D eigenvalue weighted by molar-refractivity contribution is -0.131. The van der Waals surface area contributed by atoms with Crippen LogP contribution in [0, 0.1) is 5.92 Å². The molecule has 0 radical (unpaired) electrons. The number of hydrogen-bond donors (Lipinski definition) is 1. The summed E-state index contributed by atoms with van der Waals surface area (Å²) in [4.78, 5) is 12.9. The van der Waals surface area contributed by atoms with Crippen LogP contribution in [0.5, 0.6) is 0 Å². The summed E-state index contributed by atoms with van der Waals surface area (Å²) < 4.78 is 6.29. The van der Waals surface area contributed by atoms with E-state index >= 15 is 0 Å². The highest BCUT2D eigenvalue weighted by atomic mass is 35.5. The van der Waals surface area contributed by atoms with Crippen LogP contribution in [0.4, 0.5) is 0 Å². The molecular formula is C13H18ClNO2S. The van der Waals surface area contributed by atoms with Crippen LogP contribution in [0.2, 0.25) is 4.34 Å². The fourth-order valence-electron chi connectivity index (χ4n) is 1.58. The summed E-state index contributed by atoms with van der Waals surface area (Å²) in [6.07, 6.45) is 2.96. The highest BCUT2D eigenvalue weighted by Crippen LogP contribution is 2.29. The molecule has 1 aromatic rings. The number of carbonyl (C=O) groups is 1. The van der Waals surface area contributed by atoms with Crippen molar-refractivity contribution in [3.05, 3.63) is 21.3 Å². The van der Waals surface area contributed by atoms with E-state index in [0.717, 1.165) is 17.4 Å². The van der Waals surface area contributed by atoms with Gasteiger partial charge in [-0.05, 0) is 44.2 Å². The number of thiophene rings is 1. The first-order valence-electron chi connectivity index (χ1n) is 6.28. The molecule has 18 heavy (non-hydrogen) atoms. The van der Waals surface area contributed by atoms with Gasteiger partial charge in [-0.25, -0.2) is 0 Å². The van der Waals surface area contributed by atoms with Gasteiger partial charge in [0.1, 0.15) is 6.10 Å². The molecule has 1 heterocycles. The Balaban J connectivity index is 1.61. The van der Waals surface area contributed by atoms with Gasteiger partial charge in [0.25, 0.3) is 0 Å². The Labute approximate surface area is 116 Å². The first-order valence-corrected chi connectivity index (χ1v) is 7.48. The summed E-state index contributed by atoms with van der Waals surface area (Å²) in [5, 5.41) is 2.88. The lowest BCUT2D eigenvalue weighted by Crippen LogP contribution is -2.36. The highest BCUT2D eigenvalue weighted by Gasteiger charge is 2.23. The van der Waals surface area contributed by atoms with E-state index in [-0.39, 0.29) is 12.0 Å². The minimum absolute atomic E-state index is 0.0293. The predicted molar refractivity (Wildman–Crippen MR) is 74.2 cm³/mol. The lowest BCUT2D eigenvalue weighted by atomic mass is 10.3. The molecule has 1 aromatic heterocycles. The zero-order valence-electron chi connectivity index (χ0n) is 10.4. The fourth-order valence-corrected chi connectivity index (χ4v) is 2.67. The van der Waals surface area contributed by atoms with Crippen LogP contribution in [-0.4, -0.2) is 25.2 Å². The fraction of sp³-hybridized carbons (Fsp3) is 0.615. The SMILES string of the molecule is C[C@@H](OCC1CC1)C(=O)NCCc1ccc(Cl)s1. The minimum atomic E-state index is -0.350. The van der Waals surface area contributed by atoms with Crippen LogP contribution in [-0.2, 0) is 16.0 Å². The van der Waals surface area contributed by atoms with Crippen LogP contribution < -0.4 is 5.32 Å². The molecule has 0 bridgehead atoms. The van der Waals surface area contributed by atoms with Crippen molar-refractivity contribution in [3.8, 4) is 0 Å². The lowest BCUT2D eigenvalue weighted by Gasteiger charge is -2.12. The molecule has 5 heteroatoms. The number of carbonyl (C=O) groups excluding carboxylic acids is 1. The molecule has 1 N–H and O–H groups in total. The maximum atomic E-state index is 11.7. The van der Waals surface area contributed by atoms with Crippen molar-refractivity contribution >= 4 is 28.8 Å². The molecular weight excluding hydrogens is 270 g/mol. The van der Waals surface area contributed by atoms with Gasteiger partial charge in [0, 0.05) is 11.4 Å². The van der Waals surface area contributed by atoms with Crippen molar-refractivity contribution in [2.75, 3.05) is 13.2 Å². The van der Waals surface area contributed by atoms with E-state index in [0.29, 0.717) is 12.5 Å². The maximum absolute atomic E-state index is 11.7. The van der Waals surface area contributed by atoms with Crippen molar-refractivity contribution in [2.24, 2.45) is 5.92 Å². The number of rotatable bonds is 7. The van der Waals surface area contributed by atoms with Gasteiger partial charge in [0.05, 0.1) is 10.9 Å². The molecule has 1 aliphatic carbocycles. The predicted octanol–water partition coefficient (Wildman–Crippen LogP) is 2.88. The van der Waals surface area contributed by atoms with E-state index in [1.54, 1.807) is 18.3 Å². The molecule has 0 unspecified atom stereocenters. The standard InChI is InChI=1S/C13H18ClNO2S/c1-9(17-8-10-2-3-10)13(16)15-7-6-11-4-5-12(14)18-11/h4-5,9-10H,2-3,6-8H2,1H3,(H,15,16)/t9-/m1/s1. The average molecular weight is 288 g/mol. The molecule has 1 fully saturated rings. The van der Waals surface area contributed by atoms with Gasteiger partial charge in [-0.15, -0.1) is 11.3 Å². The second-order valence-electron chi connectivity index (χ2n) is 4.67. The quantitative estimate of drug-likeness (QED) is 0.837. The van der Waals surface area contributed by atoms with E-state index in [2.05, 4.69) is 5.32 Å². The zero-order chi connectivity index (χ0) is 13.0. The Morgan fingerprint density at radius 2 is 2.39 bits per heavy atom. The molecule has 2 rings (SSSR count). The summed E-state index contributed by atoms with van der Waals surface area (Å²) in [6, 6.07) is 3.87. The van der Waals surface area contributed by atoms with E-state index in [1.165, 1.54) is 17.7 Å². The first-order chi connectivity index (χ1) is 8.65. The van der Waals surface area contributed by atoms with Crippen LogP contribution in [0.15, 0.2) is 12.1 Å². The van der Waals surface area contributed by atoms with Crippen molar-refractivity contribution in [2.45, 2.75) is 32.3 Å². The third-order valence-corrected chi connectivity index (χ3v) is 4.24. The monoisotopic (exact) mass is 287 g/mol. The maximum Gasteiger partial charge on any atom is 0.248 e. The number of halogens is 1. The zero-order valence-corrected chi connectivity index (χ0v) is 12.0. The topological polar surface area (TPSA) is 38.3 Å². The van der Waals surface area contributed by atoms with E-state index in [4.69, 9.17) is 16.3 Å². The van der Waals surface area contributed by atoms with Gasteiger partial charge in [0.15, 0.2) is 0 Å². The summed E-state index contributed by atoms with van der Waals surface area (Å²) in [5.74, 6) is 0.659. The Hall–Kier alpha value is -0.580. The Bertz CT molecular complexity index is 403. The molecule has 3 nitrogen and oxygen atoms in total. The molecule has 1 saturated carbocycles. The molecule has 100 valence electrons. The van der Waals surface area contributed by atoms with Gasteiger partial charge in [-0.3, -0.25) is 4.79 Å². The van der Waals surface area contributed by atoms with Crippen molar-refractivity contribution in [3.63, 3.8) is 0 Å². The third-order valence-electron chi connectivity index (χ3n) is 2.95. The van der Waals surface area contributed by atoms with Gasteiger partial charge in [-0.2, -0.15) is 0 Å². The van der Waals surface area contributed by atoms with Crippen LogP contribution in [0.1, 0.15) is 24.6 Å². The van der Waals surface area contributed by atoms with Crippen molar-refractivity contribution in [1.82, 2.24) is 5.32 Å². The van der Waals surface area contributed by atoms with E-state index in [9.17, 15) is 4.79 Å². The number of hydrogen-bond acceptors (Lipinski definition) is 3. The Morgan fingerprint density at radius 3 is 3.00 bits per heavy atom. The summed E-state index contributed by atoms with van der Waals surface area (Å²) in [7, 11) is 0. The van der Waals surface area contributed by atoms with Gasteiger partial charge >= 0.3 is 0 Å². The average Bonchev–Trinajstić information content (AvgIpc) is 3.09. The molecule has 0 aliphatic heterocycles. The van der Waals surface area contributed by atoms with Crippen LogP contribution in [0.3, 0.4) is 0 Å². The summed E-state index contributed by atoms with van der Waals surface area (Å²) in [5.41, 5.74) is 0.